The van der Waals surface area contributed by atoms with Gasteiger partial charge in [0.2, 0.25) is 0 Å². The van der Waals surface area contributed by atoms with Crippen LogP contribution in [0.1, 0.15) is 297 Å². The predicted molar refractivity (Wildman–Crippen MR) is 293 cm³/mol. The molecule has 0 saturated carbocycles. The molecular weight excluding hydrogens is 841 g/mol. The van der Waals surface area contributed by atoms with Crippen molar-refractivity contribution < 1.29 is 28.6 Å². The lowest BCUT2D eigenvalue weighted by Gasteiger charge is -2.18. The molecule has 68 heavy (non-hydrogen) atoms. The van der Waals surface area contributed by atoms with Crippen LogP contribution in [0.3, 0.4) is 0 Å². The topological polar surface area (TPSA) is 78.9 Å². The van der Waals surface area contributed by atoms with Crippen LogP contribution < -0.4 is 0 Å². The van der Waals surface area contributed by atoms with Crippen molar-refractivity contribution in [1.29, 1.82) is 0 Å². The molecule has 0 saturated heterocycles. The number of unbranched alkanes of at least 4 members (excludes halogenated alkanes) is 32. The first-order chi connectivity index (χ1) is 33.5. The Morgan fingerprint density at radius 2 is 0.574 bits per heavy atom. The average Bonchev–Trinajstić information content (AvgIpc) is 3.34. The highest BCUT2D eigenvalue weighted by Crippen LogP contribution is 2.17. The van der Waals surface area contributed by atoms with Crippen molar-refractivity contribution in [2.75, 3.05) is 13.2 Å². The lowest BCUT2D eigenvalue weighted by atomic mass is 10.0. The summed E-state index contributed by atoms with van der Waals surface area (Å²) in [7, 11) is 0. The molecule has 0 aromatic rings. The van der Waals surface area contributed by atoms with E-state index in [9.17, 15) is 14.4 Å². The van der Waals surface area contributed by atoms with Gasteiger partial charge in [-0.2, -0.15) is 0 Å². The summed E-state index contributed by atoms with van der Waals surface area (Å²) in [6, 6.07) is 0. The largest absolute Gasteiger partial charge is 0.462 e. The fourth-order valence-corrected chi connectivity index (χ4v) is 8.37. The molecule has 0 bridgehead atoms. The molecule has 0 spiro atoms. The maximum Gasteiger partial charge on any atom is 0.306 e. The summed E-state index contributed by atoms with van der Waals surface area (Å²) in [6.45, 7) is 6.49. The standard InChI is InChI=1S/C62H110O6/c1-4-7-10-13-16-19-22-25-27-28-29-30-31-32-33-35-37-40-43-46-49-52-55-61(64)67-58-59(57-66-60(63)54-51-48-45-42-39-36-24-21-18-15-12-9-6-3)68-62(65)56-53-50-47-44-41-38-34-26-23-20-17-14-11-8-5-2/h9,12,17-18,20-21,26,34,36,39,59H,4-8,10-11,13-16,19,22-25,27-33,35,37-38,40-58H2,1-3H3/b12-9-,20-17-,21-18-,34-26-,39-36-. The van der Waals surface area contributed by atoms with Crippen LogP contribution in [0.2, 0.25) is 0 Å². The summed E-state index contributed by atoms with van der Waals surface area (Å²) < 4.78 is 16.8. The highest BCUT2D eigenvalue weighted by atomic mass is 16.6. The van der Waals surface area contributed by atoms with Gasteiger partial charge in [-0.15, -0.1) is 0 Å². The summed E-state index contributed by atoms with van der Waals surface area (Å²) in [6.07, 6.45) is 70.8. The Labute approximate surface area is 421 Å². The Hall–Kier alpha value is -2.89. The molecule has 0 rings (SSSR count). The maximum atomic E-state index is 12.8. The Bertz CT molecular complexity index is 1230. The van der Waals surface area contributed by atoms with Crippen molar-refractivity contribution in [3.05, 3.63) is 60.8 Å². The van der Waals surface area contributed by atoms with Gasteiger partial charge >= 0.3 is 17.9 Å². The Morgan fingerprint density at radius 1 is 0.309 bits per heavy atom. The molecule has 0 fully saturated rings. The molecule has 0 N–H and O–H groups in total. The second kappa shape index (κ2) is 56.7. The fraction of sp³-hybridized carbons (Fsp3) is 0.790. The zero-order valence-electron chi connectivity index (χ0n) is 45.1. The summed E-state index contributed by atoms with van der Waals surface area (Å²) in [4.78, 5) is 38.1. The van der Waals surface area contributed by atoms with Crippen molar-refractivity contribution in [3.63, 3.8) is 0 Å². The number of hydrogen-bond donors (Lipinski definition) is 0. The number of esters is 3. The second-order valence-corrected chi connectivity index (χ2v) is 19.5. The van der Waals surface area contributed by atoms with Gasteiger partial charge in [0.25, 0.3) is 0 Å². The quantitative estimate of drug-likeness (QED) is 0.0262. The molecule has 1 unspecified atom stereocenters. The molecule has 6 nitrogen and oxygen atoms in total. The van der Waals surface area contributed by atoms with Gasteiger partial charge in [0.05, 0.1) is 0 Å². The van der Waals surface area contributed by atoms with Crippen molar-refractivity contribution in [1.82, 2.24) is 0 Å². The van der Waals surface area contributed by atoms with E-state index in [2.05, 4.69) is 81.5 Å². The molecule has 0 aromatic heterocycles. The van der Waals surface area contributed by atoms with Crippen LogP contribution in [0, 0.1) is 0 Å². The molecule has 0 aromatic carbocycles. The van der Waals surface area contributed by atoms with E-state index in [1.165, 1.54) is 148 Å². The predicted octanol–water partition coefficient (Wildman–Crippen LogP) is 19.6. The zero-order valence-corrected chi connectivity index (χ0v) is 45.1. The van der Waals surface area contributed by atoms with Crippen LogP contribution in [0.5, 0.6) is 0 Å². The number of rotatable bonds is 53. The van der Waals surface area contributed by atoms with E-state index in [0.717, 1.165) is 109 Å². The maximum absolute atomic E-state index is 12.8. The normalized spacial score (nSPS) is 12.5. The van der Waals surface area contributed by atoms with Gasteiger partial charge in [-0.05, 0) is 83.5 Å². The third-order valence-corrected chi connectivity index (χ3v) is 12.8. The van der Waals surface area contributed by atoms with E-state index in [0.29, 0.717) is 19.3 Å². The van der Waals surface area contributed by atoms with Gasteiger partial charge in [-0.25, -0.2) is 0 Å². The van der Waals surface area contributed by atoms with E-state index in [1.54, 1.807) is 0 Å². The summed E-state index contributed by atoms with van der Waals surface area (Å²) in [5.41, 5.74) is 0. The molecule has 1 atom stereocenters. The first-order valence-electron chi connectivity index (χ1n) is 29.3. The van der Waals surface area contributed by atoms with E-state index in [4.69, 9.17) is 14.2 Å². The minimum absolute atomic E-state index is 0.0870. The van der Waals surface area contributed by atoms with Gasteiger partial charge in [0.15, 0.2) is 6.10 Å². The van der Waals surface area contributed by atoms with Crippen LogP contribution in [0.25, 0.3) is 0 Å². The van der Waals surface area contributed by atoms with Crippen molar-refractivity contribution >= 4 is 17.9 Å². The van der Waals surface area contributed by atoms with Gasteiger partial charge < -0.3 is 14.2 Å². The summed E-state index contributed by atoms with van der Waals surface area (Å²) in [5, 5.41) is 0. The average molecular weight is 952 g/mol. The highest BCUT2D eigenvalue weighted by molar-refractivity contribution is 5.71. The summed E-state index contributed by atoms with van der Waals surface area (Å²) in [5.74, 6) is -0.920. The third kappa shape index (κ3) is 54.1. The SMILES string of the molecule is CC/C=C\C/C=C\C/C=C\CCCCCC(=O)OCC(COC(=O)CCCCCCCCCCCCCCCCCCCCCCCC)OC(=O)CCCCCCC/C=C\C/C=C\CCCCC. The number of hydrogen-bond acceptors (Lipinski definition) is 6. The van der Waals surface area contributed by atoms with E-state index in [1.807, 2.05) is 0 Å². The molecule has 394 valence electrons. The van der Waals surface area contributed by atoms with Crippen molar-refractivity contribution in [3.8, 4) is 0 Å². The van der Waals surface area contributed by atoms with Crippen LogP contribution >= 0.6 is 0 Å². The second-order valence-electron chi connectivity index (χ2n) is 19.5. The molecule has 0 aliphatic rings. The van der Waals surface area contributed by atoms with Crippen LogP contribution in [-0.2, 0) is 28.6 Å². The number of carbonyl (C=O) groups excluding carboxylic acids is 3. The monoisotopic (exact) mass is 951 g/mol. The smallest absolute Gasteiger partial charge is 0.306 e. The van der Waals surface area contributed by atoms with Gasteiger partial charge in [-0.1, -0.05) is 255 Å². The van der Waals surface area contributed by atoms with Crippen LogP contribution in [0.15, 0.2) is 60.8 Å². The van der Waals surface area contributed by atoms with E-state index >= 15 is 0 Å². The van der Waals surface area contributed by atoms with Gasteiger partial charge in [0.1, 0.15) is 13.2 Å². The van der Waals surface area contributed by atoms with Crippen molar-refractivity contribution in [2.45, 2.75) is 303 Å². The molecule has 0 aliphatic heterocycles. The molecule has 0 aliphatic carbocycles. The molecule has 0 amide bonds. The summed E-state index contributed by atoms with van der Waals surface area (Å²) >= 11 is 0. The van der Waals surface area contributed by atoms with Crippen LogP contribution in [-0.4, -0.2) is 37.2 Å². The van der Waals surface area contributed by atoms with Crippen molar-refractivity contribution in [2.24, 2.45) is 0 Å². The van der Waals surface area contributed by atoms with Gasteiger partial charge in [-0.3, -0.25) is 14.4 Å². The van der Waals surface area contributed by atoms with Crippen LogP contribution in [0.4, 0.5) is 0 Å². The Kier molecular flexibility index (Phi) is 54.3. The number of allylic oxidation sites excluding steroid dienone is 10. The fourth-order valence-electron chi connectivity index (χ4n) is 8.37. The Morgan fingerprint density at radius 3 is 0.941 bits per heavy atom. The van der Waals surface area contributed by atoms with E-state index < -0.39 is 6.10 Å². The number of carbonyl (C=O) groups is 3. The molecular formula is C62H110O6. The molecule has 0 radical (unpaired) electrons. The molecule has 0 heterocycles. The zero-order chi connectivity index (χ0) is 49.3. The number of ether oxygens (including phenoxy) is 3. The van der Waals surface area contributed by atoms with E-state index in [-0.39, 0.29) is 31.1 Å². The first-order valence-corrected chi connectivity index (χ1v) is 29.3. The first kappa shape index (κ1) is 65.1. The minimum Gasteiger partial charge on any atom is -0.462 e. The minimum atomic E-state index is -0.792. The van der Waals surface area contributed by atoms with Gasteiger partial charge in [0, 0.05) is 19.3 Å². The highest BCUT2D eigenvalue weighted by Gasteiger charge is 2.19. The lowest BCUT2D eigenvalue weighted by molar-refractivity contribution is -0.167. The third-order valence-electron chi connectivity index (χ3n) is 12.8. The lowest BCUT2D eigenvalue weighted by Crippen LogP contribution is -2.30. The molecule has 6 heteroatoms. The Balaban J connectivity index is 4.32.